The van der Waals surface area contributed by atoms with Crippen LogP contribution in [0.25, 0.3) is 0 Å². The lowest BCUT2D eigenvalue weighted by molar-refractivity contribution is 0.0434. The Labute approximate surface area is 139 Å². The van der Waals surface area contributed by atoms with Gasteiger partial charge in [0.2, 0.25) is 5.76 Å². The molecule has 22 heavy (non-hydrogen) atoms. The molecule has 0 amide bonds. The van der Waals surface area contributed by atoms with E-state index in [9.17, 15) is 4.79 Å². The molecule has 1 aromatic heterocycles. The summed E-state index contributed by atoms with van der Waals surface area (Å²) in [6, 6.07) is 11.4. The molecule has 1 heterocycles. The van der Waals surface area contributed by atoms with Crippen molar-refractivity contribution in [2.75, 3.05) is 13.1 Å². The van der Waals surface area contributed by atoms with Gasteiger partial charge >= 0.3 is 5.97 Å². The minimum absolute atomic E-state index is 0.199. The third kappa shape index (κ3) is 4.71. The smallest absolute Gasteiger partial charge is 0.374 e. The third-order valence-electron chi connectivity index (χ3n) is 3.47. The van der Waals surface area contributed by atoms with E-state index in [4.69, 9.17) is 9.15 Å². The Morgan fingerprint density at radius 2 is 1.73 bits per heavy atom. The quantitative estimate of drug-likeness (QED) is 0.688. The van der Waals surface area contributed by atoms with Gasteiger partial charge in [-0.1, -0.05) is 38.1 Å². The second-order valence-corrected chi connectivity index (χ2v) is 5.74. The van der Waals surface area contributed by atoms with Gasteiger partial charge in [-0.2, -0.15) is 0 Å². The molecule has 0 spiro atoms. The molecule has 0 fully saturated rings. The minimum atomic E-state index is -0.460. The third-order valence-corrected chi connectivity index (χ3v) is 3.89. The highest BCUT2D eigenvalue weighted by atomic mass is 79.9. The lowest BCUT2D eigenvalue weighted by Crippen LogP contribution is -2.22. The number of hydrogen-bond acceptors (Lipinski definition) is 4. The van der Waals surface area contributed by atoms with Crippen LogP contribution in [-0.4, -0.2) is 24.0 Å². The highest BCUT2D eigenvalue weighted by Gasteiger charge is 2.12. The van der Waals surface area contributed by atoms with Crippen LogP contribution in [0.15, 0.2) is 45.5 Å². The van der Waals surface area contributed by atoms with Crippen molar-refractivity contribution >= 4 is 21.9 Å². The van der Waals surface area contributed by atoms with Gasteiger partial charge in [0.15, 0.2) is 4.67 Å². The Morgan fingerprint density at radius 1 is 1.09 bits per heavy atom. The van der Waals surface area contributed by atoms with Gasteiger partial charge < -0.3 is 9.15 Å². The summed E-state index contributed by atoms with van der Waals surface area (Å²) in [5, 5.41) is 0. The summed E-state index contributed by atoms with van der Waals surface area (Å²) < 4.78 is 10.9. The molecule has 0 saturated heterocycles. The van der Waals surface area contributed by atoms with Crippen molar-refractivity contribution in [3.05, 3.63) is 58.0 Å². The first kappa shape index (κ1) is 16.8. The maximum atomic E-state index is 11.8. The molecule has 5 heteroatoms. The Bertz CT molecular complexity index is 603. The van der Waals surface area contributed by atoms with Crippen molar-refractivity contribution in [3.8, 4) is 0 Å². The molecule has 0 unspecified atom stereocenters. The summed E-state index contributed by atoms with van der Waals surface area (Å²) in [6.45, 7) is 7.56. The fourth-order valence-electron chi connectivity index (χ4n) is 2.09. The summed E-state index contributed by atoms with van der Waals surface area (Å²) >= 11 is 3.16. The lowest BCUT2D eigenvalue weighted by atomic mass is 10.1. The van der Waals surface area contributed by atoms with Crippen LogP contribution in [0, 0.1) is 0 Å². The van der Waals surface area contributed by atoms with Crippen LogP contribution in [0.5, 0.6) is 0 Å². The van der Waals surface area contributed by atoms with Crippen molar-refractivity contribution in [1.29, 1.82) is 0 Å². The average Bonchev–Trinajstić information content (AvgIpc) is 2.98. The fourth-order valence-corrected chi connectivity index (χ4v) is 2.40. The van der Waals surface area contributed by atoms with Crippen molar-refractivity contribution in [1.82, 2.24) is 4.90 Å². The second kappa shape index (κ2) is 8.15. The van der Waals surface area contributed by atoms with E-state index in [1.807, 2.05) is 12.1 Å². The maximum Gasteiger partial charge on any atom is 0.374 e. The van der Waals surface area contributed by atoms with E-state index in [0.29, 0.717) is 4.67 Å². The number of benzene rings is 1. The van der Waals surface area contributed by atoms with Crippen LogP contribution in [0.1, 0.15) is 35.5 Å². The van der Waals surface area contributed by atoms with Gasteiger partial charge in [0.05, 0.1) is 0 Å². The van der Waals surface area contributed by atoms with Crippen LogP contribution >= 0.6 is 15.9 Å². The van der Waals surface area contributed by atoms with E-state index in [2.05, 4.69) is 46.8 Å². The first-order valence-electron chi connectivity index (χ1n) is 7.35. The molecule has 0 aliphatic carbocycles. The molecule has 118 valence electrons. The van der Waals surface area contributed by atoms with Crippen molar-refractivity contribution in [2.45, 2.75) is 27.0 Å². The van der Waals surface area contributed by atoms with E-state index in [-0.39, 0.29) is 12.4 Å². The van der Waals surface area contributed by atoms with E-state index in [1.165, 1.54) is 5.56 Å². The molecule has 0 saturated carbocycles. The summed E-state index contributed by atoms with van der Waals surface area (Å²) in [7, 11) is 0. The van der Waals surface area contributed by atoms with E-state index in [1.54, 1.807) is 12.1 Å². The molecule has 2 rings (SSSR count). The molecule has 1 aromatic carbocycles. The van der Waals surface area contributed by atoms with E-state index in [0.717, 1.165) is 25.2 Å². The highest BCUT2D eigenvalue weighted by molar-refractivity contribution is 9.10. The predicted octanol–water partition coefficient (Wildman–Crippen LogP) is 4.24. The monoisotopic (exact) mass is 365 g/mol. The largest absolute Gasteiger partial charge is 0.455 e. The van der Waals surface area contributed by atoms with Gasteiger partial charge in [0.1, 0.15) is 6.61 Å². The molecule has 0 aliphatic heterocycles. The van der Waals surface area contributed by atoms with E-state index >= 15 is 0 Å². The zero-order chi connectivity index (χ0) is 15.9. The number of halogens is 1. The van der Waals surface area contributed by atoms with Crippen LogP contribution in [0.2, 0.25) is 0 Å². The number of nitrogens with zero attached hydrogens (tertiary/aromatic N) is 1. The zero-order valence-electron chi connectivity index (χ0n) is 12.8. The average molecular weight is 366 g/mol. The van der Waals surface area contributed by atoms with Gasteiger partial charge in [-0.15, -0.1) is 0 Å². The van der Waals surface area contributed by atoms with Crippen molar-refractivity contribution in [3.63, 3.8) is 0 Å². The van der Waals surface area contributed by atoms with Crippen LogP contribution in [-0.2, 0) is 17.9 Å². The topological polar surface area (TPSA) is 42.7 Å². The number of carbonyl (C=O) groups excluding carboxylic acids is 1. The van der Waals surface area contributed by atoms with Gasteiger partial charge in [0.25, 0.3) is 0 Å². The van der Waals surface area contributed by atoms with Crippen molar-refractivity contribution < 1.29 is 13.9 Å². The first-order valence-corrected chi connectivity index (χ1v) is 8.14. The Kier molecular flexibility index (Phi) is 6.21. The Morgan fingerprint density at radius 3 is 2.27 bits per heavy atom. The van der Waals surface area contributed by atoms with Gasteiger partial charge in [-0.05, 0) is 52.3 Å². The van der Waals surface area contributed by atoms with Crippen molar-refractivity contribution in [2.24, 2.45) is 0 Å². The standard InChI is InChI=1S/C17H20BrNO3/c1-3-19(4-2)11-13-5-7-14(8-6-13)12-21-17(20)15-9-10-16(18)22-15/h5-10H,3-4,11-12H2,1-2H3. The molecule has 0 aliphatic rings. The SMILES string of the molecule is CCN(CC)Cc1ccc(COC(=O)c2ccc(Br)o2)cc1. The number of ether oxygens (including phenoxy) is 1. The summed E-state index contributed by atoms with van der Waals surface area (Å²) in [5.74, 6) is -0.261. The van der Waals surface area contributed by atoms with Crippen LogP contribution < -0.4 is 0 Å². The Hall–Kier alpha value is -1.59. The normalized spacial score (nSPS) is 10.9. The molecular formula is C17H20BrNO3. The molecule has 4 nitrogen and oxygen atoms in total. The molecular weight excluding hydrogens is 346 g/mol. The number of esters is 1. The molecule has 0 N–H and O–H groups in total. The molecule has 0 radical (unpaired) electrons. The summed E-state index contributed by atoms with van der Waals surface area (Å²) in [5.41, 5.74) is 2.22. The first-order chi connectivity index (χ1) is 10.6. The minimum Gasteiger partial charge on any atom is -0.455 e. The highest BCUT2D eigenvalue weighted by Crippen LogP contribution is 2.16. The predicted molar refractivity (Wildman–Crippen MR) is 88.6 cm³/mol. The van der Waals surface area contributed by atoms with Gasteiger partial charge in [-0.3, -0.25) is 4.90 Å². The summed E-state index contributed by atoms with van der Waals surface area (Å²) in [6.07, 6.45) is 0. The number of rotatable bonds is 7. The van der Waals surface area contributed by atoms with Crippen LogP contribution in [0.4, 0.5) is 0 Å². The van der Waals surface area contributed by atoms with Gasteiger partial charge in [-0.25, -0.2) is 4.79 Å². The maximum absolute atomic E-state index is 11.8. The number of carbonyl (C=O) groups is 1. The molecule has 0 atom stereocenters. The lowest BCUT2D eigenvalue weighted by Gasteiger charge is -2.18. The zero-order valence-corrected chi connectivity index (χ0v) is 14.4. The van der Waals surface area contributed by atoms with Crippen LogP contribution in [0.3, 0.4) is 0 Å². The number of furan rings is 1. The second-order valence-electron chi connectivity index (χ2n) is 4.96. The molecule has 2 aromatic rings. The fraction of sp³-hybridized carbons (Fsp3) is 0.353. The molecule has 0 bridgehead atoms. The van der Waals surface area contributed by atoms with Gasteiger partial charge in [0, 0.05) is 6.54 Å². The van der Waals surface area contributed by atoms with E-state index < -0.39 is 5.97 Å². The summed E-state index contributed by atoms with van der Waals surface area (Å²) in [4.78, 5) is 14.1. The Balaban J connectivity index is 1.87. The number of hydrogen-bond donors (Lipinski definition) is 0.